The smallest absolute Gasteiger partial charge is 0.326 e. The number of methoxy groups -OCH3 is 1. The third kappa shape index (κ3) is 4.16. The van der Waals surface area contributed by atoms with Gasteiger partial charge in [-0.1, -0.05) is 23.5 Å². The maximum absolute atomic E-state index is 12.6. The average molecular weight is 428 g/mol. The first kappa shape index (κ1) is 20.0. The Morgan fingerprint density at radius 1 is 1.17 bits per heavy atom. The Morgan fingerprint density at radius 3 is 2.60 bits per heavy atom. The first-order chi connectivity index (χ1) is 14.6. The van der Waals surface area contributed by atoms with E-state index in [9.17, 15) is 9.59 Å². The third-order valence-electron chi connectivity index (χ3n) is 4.50. The maximum atomic E-state index is 12.6. The van der Waals surface area contributed by atoms with Crippen molar-refractivity contribution in [3.8, 4) is 17.2 Å². The number of hydrogen-bond donors (Lipinski definition) is 0. The van der Waals surface area contributed by atoms with E-state index in [1.807, 2.05) is 18.2 Å². The number of hydrogen-bond acceptors (Lipinski definition) is 7. The number of nitrogens with zero attached hydrogens (tertiary/aromatic N) is 2. The van der Waals surface area contributed by atoms with Crippen LogP contribution in [0, 0.1) is 0 Å². The van der Waals surface area contributed by atoms with Crippen molar-refractivity contribution in [2.24, 2.45) is 4.99 Å². The molecule has 1 aliphatic rings. The van der Waals surface area contributed by atoms with Crippen LogP contribution in [0.5, 0.6) is 17.2 Å². The van der Waals surface area contributed by atoms with Crippen molar-refractivity contribution in [1.82, 2.24) is 4.57 Å². The molecule has 0 saturated heterocycles. The van der Waals surface area contributed by atoms with Crippen LogP contribution in [0.1, 0.15) is 12.5 Å². The Hall–Kier alpha value is -3.33. The molecule has 0 bridgehead atoms. The molecule has 0 unspecified atom stereocenters. The highest BCUT2D eigenvalue weighted by atomic mass is 32.1. The van der Waals surface area contributed by atoms with Crippen LogP contribution in [-0.4, -0.2) is 37.0 Å². The summed E-state index contributed by atoms with van der Waals surface area (Å²) in [5, 5.41) is 0. The fraction of sp³-hybridized carbons (Fsp3) is 0.286. The minimum Gasteiger partial charge on any atom is -0.497 e. The van der Waals surface area contributed by atoms with Crippen molar-refractivity contribution in [3.05, 3.63) is 46.8 Å². The second-order valence-corrected chi connectivity index (χ2v) is 7.49. The lowest BCUT2D eigenvalue weighted by Crippen LogP contribution is -2.23. The van der Waals surface area contributed by atoms with Crippen LogP contribution in [0.4, 0.5) is 0 Å². The van der Waals surface area contributed by atoms with Gasteiger partial charge >= 0.3 is 5.97 Å². The number of amides is 1. The summed E-state index contributed by atoms with van der Waals surface area (Å²) < 4.78 is 23.6. The number of ether oxygens (including phenoxy) is 4. The molecule has 3 aromatic rings. The van der Waals surface area contributed by atoms with Gasteiger partial charge in [-0.25, -0.2) is 0 Å². The molecular formula is C21H20N2O6S. The van der Waals surface area contributed by atoms with Gasteiger partial charge < -0.3 is 23.5 Å². The molecule has 9 heteroatoms. The molecule has 2 heterocycles. The van der Waals surface area contributed by atoms with Gasteiger partial charge in [0.1, 0.15) is 12.3 Å². The topological polar surface area (TPSA) is 88.4 Å². The molecule has 30 heavy (non-hydrogen) atoms. The van der Waals surface area contributed by atoms with Crippen molar-refractivity contribution < 1.29 is 28.5 Å². The molecular weight excluding hydrogens is 408 g/mol. The first-order valence-electron chi connectivity index (χ1n) is 9.36. The molecule has 0 spiro atoms. The lowest BCUT2D eigenvalue weighted by atomic mass is 10.1. The number of benzene rings is 2. The van der Waals surface area contributed by atoms with Crippen molar-refractivity contribution >= 4 is 33.4 Å². The van der Waals surface area contributed by atoms with E-state index in [0.29, 0.717) is 16.3 Å². The van der Waals surface area contributed by atoms with E-state index in [4.69, 9.17) is 18.9 Å². The van der Waals surface area contributed by atoms with Crippen LogP contribution >= 0.6 is 11.3 Å². The van der Waals surface area contributed by atoms with Crippen molar-refractivity contribution in [3.63, 3.8) is 0 Å². The molecule has 1 aromatic heterocycles. The minimum absolute atomic E-state index is 0.0534. The van der Waals surface area contributed by atoms with E-state index in [2.05, 4.69) is 4.99 Å². The van der Waals surface area contributed by atoms with Gasteiger partial charge in [0.2, 0.25) is 6.79 Å². The Kier molecular flexibility index (Phi) is 5.71. The van der Waals surface area contributed by atoms with E-state index >= 15 is 0 Å². The van der Waals surface area contributed by atoms with E-state index in [1.54, 1.807) is 36.8 Å². The van der Waals surface area contributed by atoms with E-state index in [1.165, 1.54) is 11.3 Å². The highest BCUT2D eigenvalue weighted by Gasteiger charge is 2.19. The summed E-state index contributed by atoms with van der Waals surface area (Å²) in [6, 6.07) is 10.9. The quantitative estimate of drug-likeness (QED) is 0.561. The Labute approximate surface area is 176 Å². The minimum atomic E-state index is -0.404. The summed E-state index contributed by atoms with van der Waals surface area (Å²) >= 11 is 1.31. The zero-order chi connectivity index (χ0) is 21.1. The Balaban J connectivity index is 1.70. The summed E-state index contributed by atoms with van der Waals surface area (Å²) in [6.45, 7) is 2.12. The monoisotopic (exact) mass is 428 g/mol. The lowest BCUT2D eigenvalue weighted by molar-refractivity contribution is -0.143. The Morgan fingerprint density at radius 2 is 1.90 bits per heavy atom. The number of carbonyl (C=O) groups excluding carboxylic acids is 2. The zero-order valence-electron chi connectivity index (χ0n) is 16.5. The van der Waals surface area contributed by atoms with Crippen LogP contribution in [0.3, 0.4) is 0 Å². The van der Waals surface area contributed by atoms with Gasteiger partial charge in [0.05, 0.1) is 30.4 Å². The summed E-state index contributed by atoms with van der Waals surface area (Å²) in [5.41, 5.74) is 1.55. The summed E-state index contributed by atoms with van der Waals surface area (Å²) in [6.07, 6.45) is 0.139. The van der Waals surface area contributed by atoms with Gasteiger partial charge in [-0.05, 0) is 24.6 Å². The van der Waals surface area contributed by atoms with Crippen LogP contribution in [-0.2, 0) is 27.3 Å². The fourth-order valence-electron chi connectivity index (χ4n) is 3.10. The third-order valence-corrected chi connectivity index (χ3v) is 5.55. The molecule has 0 fully saturated rings. The second kappa shape index (κ2) is 8.58. The summed E-state index contributed by atoms with van der Waals surface area (Å²) in [5.74, 6) is 1.22. The van der Waals surface area contributed by atoms with Gasteiger partial charge in [-0.3, -0.25) is 9.59 Å². The standard InChI is InChI=1S/C21H20N2O6S/c1-3-27-20(25)11-23-15-9-16-17(29-12-28-16)10-18(15)30-21(23)22-19(24)8-13-4-6-14(26-2)7-5-13/h4-7,9-10H,3,8,11-12H2,1-2H3. The number of fused-ring (bicyclic) bond motifs is 2. The molecule has 8 nitrogen and oxygen atoms in total. The molecule has 1 amide bonds. The number of esters is 1. The van der Waals surface area contributed by atoms with E-state index < -0.39 is 5.97 Å². The lowest BCUT2D eigenvalue weighted by Gasteiger charge is -2.06. The van der Waals surface area contributed by atoms with Gasteiger partial charge in [0.15, 0.2) is 16.3 Å². The van der Waals surface area contributed by atoms with Crippen molar-refractivity contribution in [2.75, 3.05) is 20.5 Å². The van der Waals surface area contributed by atoms with Gasteiger partial charge in [0.25, 0.3) is 5.91 Å². The maximum Gasteiger partial charge on any atom is 0.326 e. The molecule has 2 aromatic carbocycles. The fourth-order valence-corrected chi connectivity index (χ4v) is 4.15. The van der Waals surface area contributed by atoms with E-state index in [-0.39, 0.29) is 32.3 Å². The van der Waals surface area contributed by atoms with Gasteiger partial charge in [-0.15, -0.1) is 0 Å². The van der Waals surface area contributed by atoms with Crippen molar-refractivity contribution in [2.45, 2.75) is 19.9 Å². The highest BCUT2D eigenvalue weighted by Crippen LogP contribution is 2.37. The Bertz CT molecular complexity index is 1160. The van der Waals surface area contributed by atoms with Crippen LogP contribution in [0.2, 0.25) is 0 Å². The first-order valence-corrected chi connectivity index (χ1v) is 10.2. The number of rotatable bonds is 6. The number of carbonyl (C=O) groups is 2. The largest absolute Gasteiger partial charge is 0.497 e. The van der Waals surface area contributed by atoms with Crippen LogP contribution < -0.4 is 19.0 Å². The molecule has 4 rings (SSSR count). The number of aromatic nitrogens is 1. The summed E-state index contributed by atoms with van der Waals surface area (Å²) in [4.78, 5) is 29.4. The normalized spacial score (nSPS) is 12.9. The molecule has 0 atom stereocenters. The molecule has 0 radical (unpaired) electrons. The van der Waals surface area contributed by atoms with Crippen LogP contribution in [0.25, 0.3) is 10.2 Å². The average Bonchev–Trinajstić information content (AvgIpc) is 3.31. The predicted molar refractivity (Wildman–Crippen MR) is 110 cm³/mol. The van der Waals surface area contributed by atoms with E-state index in [0.717, 1.165) is 21.5 Å². The molecule has 0 aliphatic carbocycles. The highest BCUT2D eigenvalue weighted by molar-refractivity contribution is 7.16. The predicted octanol–water partition coefficient (Wildman–Crippen LogP) is 2.67. The van der Waals surface area contributed by atoms with Gasteiger partial charge in [-0.2, -0.15) is 4.99 Å². The van der Waals surface area contributed by atoms with Crippen molar-refractivity contribution in [1.29, 1.82) is 0 Å². The molecule has 0 N–H and O–H groups in total. The van der Waals surface area contributed by atoms with Gasteiger partial charge in [0, 0.05) is 12.1 Å². The zero-order valence-corrected chi connectivity index (χ0v) is 17.4. The SMILES string of the molecule is CCOC(=O)Cn1c(=NC(=O)Cc2ccc(OC)cc2)sc2cc3c(cc21)OCO3. The number of thiazole rings is 1. The molecule has 156 valence electrons. The molecule has 1 aliphatic heterocycles. The molecule has 0 saturated carbocycles. The van der Waals surface area contributed by atoms with Crippen LogP contribution in [0.15, 0.2) is 41.4 Å². The second-order valence-electron chi connectivity index (χ2n) is 6.48. The summed E-state index contributed by atoms with van der Waals surface area (Å²) in [7, 11) is 1.59.